The third-order valence-corrected chi connectivity index (χ3v) is 2.23. The predicted octanol–water partition coefficient (Wildman–Crippen LogP) is 0.106. The first-order valence-electron chi connectivity index (χ1n) is 4.56. The van der Waals surface area contributed by atoms with Gasteiger partial charge >= 0.3 is 0 Å². The molecule has 0 aliphatic carbocycles. The van der Waals surface area contributed by atoms with Crippen molar-refractivity contribution >= 4 is 17.5 Å². The Kier molecular flexibility index (Phi) is 4.14. The van der Waals surface area contributed by atoms with Crippen LogP contribution in [0.5, 0.6) is 0 Å². The molecule has 0 aliphatic rings. The van der Waals surface area contributed by atoms with E-state index >= 15 is 0 Å². The Labute approximate surface area is 92.6 Å². The number of hydrogen-bond donors (Lipinski definition) is 4. The summed E-state index contributed by atoms with van der Waals surface area (Å²) in [5.41, 5.74) is 5.92. The highest BCUT2D eigenvalue weighted by molar-refractivity contribution is 6.30. The van der Waals surface area contributed by atoms with Gasteiger partial charge in [0.05, 0.1) is 11.1 Å². The number of H-pyrrole nitrogens is 1. The highest BCUT2D eigenvalue weighted by Gasteiger charge is 2.12. The number of aromatic nitrogens is 1. The molecule has 6 heteroatoms. The number of nitrogens with one attached hydrogen (secondary N) is 2. The molecule has 0 aromatic carbocycles. The molecule has 1 rings (SSSR count). The van der Waals surface area contributed by atoms with E-state index in [2.05, 4.69) is 10.3 Å². The molecule has 5 nitrogen and oxygen atoms in total. The summed E-state index contributed by atoms with van der Waals surface area (Å²) in [7, 11) is 0. The largest absolute Gasteiger partial charge is 0.392 e. The van der Waals surface area contributed by atoms with Crippen LogP contribution < -0.4 is 11.1 Å². The fourth-order valence-electron chi connectivity index (χ4n) is 0.975. The van der Waals surface area contributed by atoms with Gasteiger partial charge in [0.15, 0.2) is 0 Å². The van der Waals surface area contributed by atoms with Crippen molar-refractivity contribution in [1.29, 1.82) is 0 Å². The van der Waals surface area contributed by atoms with E-state index in [4.69, 9.17) is 22.4 Å². The Hall–Kier alpha value is -1.04. The number of amides is 1. The van der Waals surface area contributed by atoms with Crippen LogP contribution in [0.4, 0.5) is 0 Å². The molecule has 84 valence electrons. The smallest absolute Gasteiger partial charge is 0.267 e. The van der Waals surface area contributed by atoms with Gasteiger partial charge in [0, 0.05) is 18.8 Å². The first kappa shape index (κ1) is 12.0. The summed E-state index contributed by atoms with van der Waals surface area (Å²) in [6, 6.07) is 1.05. The van der Waals surface area contributed by atoms with Crippen LogP contribution in [0, 0.1) is 0 Å². The second kappa shape index (κ2) is 5.16. The molecular weight excluding hydrogens is 218 g/mol. The number of hydrogen-bond acceptors (Lipinski definition) is 3. The molecule has 2 atom stereocenters. The zero-order valence-corrected chi connectivity index (χ0v) is 9.08. The molecule has 1 aromatic rings. The lowest BCUT2D eigenvalue weighted by Crippen LogP contribution is -2.43. The molecule has 0 bridgehead atoms. The van der Waals surface area contributed by atoms with Crippen LogP contribution in [-0.2, 0) is 0 Å². The molecule has 5 N–H and O–H groups in total. The number of halogens is 1. The third kappa shape index (κ3) is 3.54. The van der Waals surface area contributed by atoms with Crippen molar-refractivity contribution in [2.24, 2.45) is 5.73 Å². The molecule has 2 unspecified atom stereocenters. The Morgan fingerprint density at radius 2 is 2.47 bits per heavy atom. The summed E-state index contributed by atoms with van der Waals surface area (Å²) in [6.07, 6.45) is 0.864. The van der Waals surface area contributed by atoms with Crippen molar-refractivity contribution in [1.82, 2.24) is 10.3 Å². The highest BCUT2D eigenvalue weighted by atomic mass is 35.5. The van der Waals surface area contributed by atoms with Gasteiger partial charge in [-0.15, -0.1) is 0 Å². The zero-order valence-electron chi connectivity index (χ0n) is 8.33. The van der Waals surface area contributed by atoms with E-state index in [1.54, 1.807) is 6.92 Å². The molecule has 15 heavy (non-hydrogen) atoms. The quantitative estimate of drug-likeness (QED) is 0.593. The van der Waals surface area contributed by atoms with Gasteiger partial charge in [-0.3, -0.25) is 4.79 Å². The van der Waals surface area contributed by atoms with Crippen LogP contribution in [0.15, 0.2) is 12.3 Å². The van der Waals surface area contributed by atoms with Crippen molar-refractivity contribution in [3.05, 3.63) is 23.0 Å². The molecular formula is C9H14ClN3O2. The van der Waals surface area contributed by atoms with E-state index in [1.165, 1.54) is 12.3 Å². The minimum atomic E-state index is -0.655. The standard InChI is InChI=1S/C9H14ClN3O2/c1-5(14)7(11)4-13-9(15)8-2-6(10)3-12-8/h2-3,5,7,12,14H,4,11H2,1H3,(H,13,15). The SMILES string of the molecule is CC(O)C(N)CNC(=O)c1cc(Cl)c[nH]1. The summed E-state index contributed by atoms with van der Waals surface area (Å²) in [4.78, 5) is 14.2. The number of nitrogens with two attached hydrogens (primary N) is 1. The summed E-state index contributed by atoms with van der Waals surface area (Å²) in [5, 5.41) is 12.2. The lowest BCUT2D eigenvalue weighted by molar-refractivity contribution is 0.0933. The van der Waals surface area contributed by atoms with Gasteiger partial charge in [-0.2, -0.15) is 0 Å². The summed E-state index contributed by atoms with van der Waals surface area (Å²) >= 11 is 5.64. The Morgan fingerprint density at radius 3 is 2.93 bits per heavy atom. The lowest BCUT2D eigenvalue weighted by atomic mass is 10.2. The van der Waals surface area contributed by atoms with Gasteiger partial charge < -0.3 is 21.1 Å². The maximum atomic E-state index is 11.4. The number of aromatic amines is 1. The first-order chi connectivity index (χ1) is 7.00. The van der Waals surface area contributed by atoms with Crippen molar-refractivity contribution in [3.63, 3.8) is 0 Å². The van der Waals surface area contributed by atoms with Crippen LogP contribution in [0.2, 0.25) is 5.02 Å². The zero-order chi connectivity index (χ0) is 11.4. The minimum absolute atomic E-state index is 0.215. The molecule has 1 amide bonds. The van der Waals surface area contributed by atoms with Crippen molar-refractivity contribution in [2.75, 3.05) is 6.54 Å². The molecule has 0 saturated heterocycles. The van der Waals surface area contributed by atoms with Gasteiger partial charge in [-0.1, -0.05) is 11.6 Å². The maximum Gasteiger partial charge on any atom is 0.267 e. The second-order valence-corrected chi connectivity index (χ2v) is 3.78. The second-order valence-electron chi connectivity index (χ2n) is 3.35. The first-order valence-corrected chi connectivity index (χ1v) is 4.94. The maximum absolute atomic E-state index is 11.4. The van der Waals surface area contributed by atoms with Crippen LogP contribution >= 0.6 is 11.6 Å². The number of rotatable bonds is 4. The molecule has 0 saturated carbocycles. The number of carbonyl (C=O) groups is 1. The van der Waals surface area contributed by atoms with E-state index in [1.807, 2.05) is 0 Å². The van der Waals surface area contributed by atoms with Gasteiger partial charge in [-0.05, 0) is 13.0 Å². The van der Waals surface area contributed by atoms with Crippen molar-refractivity contribution in [2.45, 2.75) is 19.1 Å². The predicted molar refractivity (Wildman–Crippen MR) is 57.8 cm³/mol. The van der Waals surface area contributed by atoms with E-state index in [0.29, 0.717) is 10.7 Å². The van der Waals surface area contributed by atoms with E-state index in [9.17, 15) is 4.79 Å². The van der Waals surface area contributed by atoms with Crippen molar-refractivity contribution < 1.29 is 9.90 Å². The van der Waals surface area contributed by atoms with Gasteiger partial charge in [0.2, 0.25) is 0 Å². The lowest BCUT2D eigenvalue weighted by Gasteiger charge is -2.14. The Balaban J connectivity index is 2.43. The van der Waals surface area contributed by atoms with E-state index in [-0.39, 0.29) is 12.5 Å². The molecule has 0 spiro atoms. The Bertz CT molecular complexity index is 338. The summed E-state index contributed by atoms with van der Waals surface area (Å²) in [6.45, 7) is 1.79. The van der Waals surface area contributed by atoms with Crippen molar-refractivity contribution in [3.8, 4) is 0 Å². The third-order valence-electron chi connectivity index (χ3n) is 2.01. The topological polar surface area (TPSA) is 91.1 Å². The average molecular weight is 232 g/mol. The number of carbonyl (C=O) groups excluding carboxylic acids is 1. The van der Waals surface area contributed by atoms with Crippen LogP contribution in [0.3, 0.4) is 0 Å². The van der Waals surface area contributed by atoms with E-state index < -0.39 is 12.1 Å². The summed E-state index contributed by atoms with van der Waals surface area (Å²) < 4.78 is 0. The van der Waals surface area contributed by atoms with Gasteiger partial charge in [0.1, 0.15) is 5.69 Å². The fourth-order valence-corrected chi connectivity index (χ4v) is 1.14. The molecule has 0 radical (unpaired) electrons. The molecule has 0 fully saturated rings. The van der Waals surface area contributed by atoms with Crippen LogP contribution in [0.1, 0.15) is 17.4 Å². The fraction of sp³-hybridized carbons (Fsp3) is 0.444. The molecule has 1 heterocycles. The molecule has 1 aromatic heterocycles. The highest BCUT2D eigenvalue weighted by Crippen LogP contribution is 2.08. The normalized spacial score (nSPS) is 14.7. The van der Waals surface area contributed by atoms with Gasteiger partial charge in [-0.25, -0.2) is 0 Å². The number of aliphatic hydroxyl groups is 1. The Morgan fingerprint density at radius 1 is 1.80 bits per heavy atom. The van der Waals surface area contributed by atoms with Crippen LogP contribution in [-0.4, -0.2) is 34.7 Å². The van der Waals surface area contributed by atoms with E-state index in [0.717, 1.165) is 0 Å². The monoisotopic (exact) mass is 231 g/mol. The number of aliphatic hydroxyl groups excluding tert-OH is 1. The van der Waals surface area contributed by atoms with Crippen LogP contribution in [0.25, 0.3) is 0 Å². The minimum Gasteiger partial charge on any atom is -0.392 e. The average Bonchev–Trinajstić information content (AvgIpc) is 2.60. The summed E-state index contributed by atoms with van der Waals surface area (Å²) in [5.74, 6) is -0.294. The molecule has 0 aliphatic heterocycles. The van der Waals surface area contributed by atoms with Gasteiger partial charge in [0.25, 0.3) is 5.91 Å².